The van der Waals surface area contributed by atoms with Crippen LogP contribution in [0.1, 0.15) is 26.1 Å². The molecule has 0 aliphatic rings. The largest absolute Gasteiger partial charge is 0.332 e. The number of hydrogen-bond donors (Lipinski definition) is 0. The number of halogens is 1. The highest BCUT2D eigenvalue weighted by atomic mass is 35.5. The summed E-state index contributed by atoms with van der Waals surface area (Å²) in [6, 6.07) is 0. The van der Waals surface area contributed by atoms with E-state index in [4.69, 9.17) is 11.6 Å². The van der Waals surface area contributed by atoms with Crippen LogP contribution in [-0.4, -0.2) is 15.4 Å². The average molecular weight is 199 g/mol. The highest BCUT2D eigenvalue weighted by molar-refractivity contribution is 6.17. The molecule has 0 saturated heterocycles. The van der Waals surface area contributed by atoms with Crippen molar-refractivity contribution in [3.8, 4) is 0 Å². The van der Waals surface area contributed by atoms with Gasteiger partial charge in [0, 0.05) is 24.8 Å². The van der Waals surface area contributed by atoms with Crippen LogP contribution in [0.4, 0.5) is 0 Å². The molecule has 2 nitrogen and oxygen atoms in total. The van der Waals surface area contributed by atoms with Gasteiger partial charge in [0.2, 0.25) is 0 Å². The molecule has 72 valence electrons. The molecule has 3 heteroatoms. The van der Waals surface area contributed by atoms with Crippen molar-refractivity contribution >= 4 is 17.2 Å². The van der Waals surface area contributed by atoms with Crippen molar-refractivity contribution in [2.24, 2.45) is 0 Å². The van der Waals surface area contributed by atoms with Crippen LogP contribution >= 0.6 is 11.6 Å². The second kappa shape index (κ2) is 5.07. The smallest absolute Gasteiger partial charge is 0.135 e. The van der Waals surface area contributed by atoms with E-state index in [2.05, 4.69) is 29.5 Å². The molecule has 1 heterocycles. The lowest BCUT2D eigenvalue weighted by atomic mass is 10.2. The fourth-order valence-corrected chi connectivity index (χ4v) is 1.38. The van der Waals surface area contributed by atoms with E-state index in [0.717, 1.165) is 18.8 Å². The lowest BCUT2D eigenvalue weighted by molar-refractivity contribution is 0.747. The monoisotopic (exact) mass is 198 g/mol. The maximum Gasteiger partial charge on any atom is 0.135 e. The summed E-state index contributed by atoms with van der Waals surface area (Å²) in [7, 11) is 0. The van der Waals surface area contributed by atoms with Gasteiger partial charge < -0.3 is 4.57 Å². The summed E-state index contributed by atoms with van der Waals surface area (Å²) in [5.74, 6) is 1.72. The fourth-order valence-electron chi connectivity index (χ4n) is 1.28. The highest BCUT2D eigenvalue weighted by Gasteiger charge is 2.01. The Balaban J connectivity index is 2.81. The number of rotatable bonds is 4. The third-order valence-corrected chi connectivity index (χ3v) is 2.19. The van der Waals surface area contributed by atoms with Crippen molar-refractivity contribution in [3.63, 3.8) is 0 Å². The first-order chi connectivity index (χ1) is 6.29. The van der Waals surface area contributed by atoms with Gasteiger partial charge in [-0.3, -0.25) is 0 Å². The van der Waals surface area contributed by atoms with Crippen LogP contribution in [-0.2, 0) is 6.54 Å². The number of aryl methyl sites for hydroxylation is 1. The maximum absolute atomic E-state index is 5.61. The van der Waals surface area contributed by atoms with Gasteiger partial charge in [-0.25, -0.2) is 4.98 Å². The van der Waals surface area contributed by atoms with Crippen molar-refractivity contribution in [2.45, 2.75) is 26.8 Å². The van der Waals surface area contributed by atoms with Gasteiger partial charge in [-0.1, -0.05) is 6.08 Å². The van der Waals surface area contributed by atoms with Gasteiger partial charge in [0.15, 0.2) is 0 Å². The molecule has 0 amide bonds. The summed E-state index contributed by atoms with van der Waals surface area (Å²) in [5.41, 5.74) is 1.20. The number of allylic oxidation sites excluding steroid dienone is 2. The van der Waals surface area contributed by atoms with Crippen LogP contribution in [0.25, 0.3) is 5.57 Å². The maximum atomic E-state index is 5.61. The SMILES string of the molecule is CCn1ccnc1C(C)=CCCCl. The predicted molar refractivity (Wildman–Crippen MR) is 56.9 cm³/mol. The molecule has 0 N–H and O–H groups in total. The molecular weight excluding hydrogens is 184 g/mol. The Bertz CT molecular complexity index is 289. The first-order valence-electron chi connectivity index (χ1n) is 4.53. The highest BCUT2D eigenvalue weighted by Crippen LogP contribution is 2.12. The zero-order valence-corrected chi connectivity index (χ0v) is 8.88. The summed E-state index contributed by atoms with van der Waals surface area (Å²) >= 11 is 5.61. The summed E-state index contributed by atoms with van der Waals surface area (Å²) < 4.78 is 2.13. The van der Waals surface area contributed by atoms with E-state index in [-0.39, 0.29) is 0 Å². The van der Waals surface area contributed by atoms with Crippen LogP contribution in [0.15, 0.2) is 18.5 Å². The zero-order valence-electron chi connectivity index (χ0n) is 8.13. The van der Waals surface area contributed by atoms with Crippen LogP contribution in [0.2, 0.25) is 0 Å². The van der Waals surface area contributed by atoms with Crippen LogP contribution < -0.4 is 0 Å². The minimum Gasteiger partial charge on any atom is -0.332 e. The van der Waals surface area contributed by atoms with E-state index in [1.165, 1.54) is 5.57 Å². The summed E-state index contributed by atoms with van der Waals surface area (Å²) in [4.78, 5) is 4.29. The van der Waals surface area contributed by atoms with Crippen LogP contribution in [0.5, 0.6) is 0 Å². The molecule has 1 aromatic heterocycles. The van der Waals surface area contributed by atoms with E-state index in [1.54, 1.807) is 0 Å². The fraction of sp³-hybridized carbons (Fsp3) is 0.500. The Hall–Kier alpha value is -0.760. The lowest BCUT2D eigenvalue weighted by Crippen LogP contribution is -1.98. The molecule has 13 heavy (non-hydrogen) atoms. The first kappa shape index (κ1) is 10.3. The minimum absolute atomic E-state index is 0.671. The Kier molecular flexibility index (Phi) is 4.03. The van der Waals surface area contributed by atoms with Crippen molar-refractivity contribution in [1.29, 1.82) is 0 Å². The van der Waals surface area contributed by atoms with Crippen molar-refractivity contribution < 1.29 is 0 Å². The number of imidazole rings is 1. The topological polar surface area (TPSA) is 17.8 Å². The Morgan fingerprint density at radius 1 is 1.69 bits per heavy atom. The number of alkyl halides is 1. The van der Waals surface area contributed by atoms with Gasteiger partial charge in [0.25, 0.3) is 0 Å². The van der Waals surface area contributed by atoms with Gasteiger partial charge in [0.1, 0.15) is 5.82 Å². The van der Waals surface area contributed by atoms with E-state index >= 15 is 0 Å². The third kappa shape index (κ3) is 2.59. The molecule has 0 bridgehead atoms. The van der Waals surface area contributed by atoms with Gasteiger partial charge in [-0.2, -0.15) is 0 Å². The van der Waals surface area contributed by atoms with Crippen LogP contribution in [0.3, 0.4) is 0 Å². The number of hydrogen-bond acceptors (Lipinski definition) is 1. The minimum atomic E-state index is 0.671. The van der Waals surface area contributed by atoms with Gasteiger partial charge in [0.05, 0.1) is 0 Å². The second-order valence-electron chi connectivity index (χ2n) is 2.90. The molecule has 1 rings (SSSR count). The quantitative estimate of drug-likeness (QED) is 0.681. The molecule has 0 fully saturated rings. The molecule has 0 radical (unpaired) electrons. The molecule has 0 atom stereocenters. The standard InChI is InChI=1S/C10H15ClN2/c1-3-13-8-7-12-10(13)9(2)5-4-6-11/h5,7-8H,3-4,6H2,1-2H3. The molecule has 0 aliphatic heterocycles. The predicted octanol–water partition coefficient (Wildman–Crippen LogP) is 2.94. The number of nitrogens with zero attached hydrogens (tertiary/aromatic N) is 2. The van der Waals surface area contributed by atoms with Gasteiger partial charge in [-0.15, -0.1) is 11.6 Å². The third-order valence-electron chi connectivity index (χ3n) is 1.97. The summed E-state index contributed by atoms with van der Waals surface area (Å²) in [6.45, 7) is 5.14. The van der Waals surface area contributed by atoms with Crippen molar-refractivity contribution in [2.75, 3.05) is 5.88 Å². The van der Waals surface area contributed by atoms with E-state index in [9.17, 15) is 0 Å². The van der Waals surface area contributed by atoms with Gasteiger partial charge in [-0.05, 0) is 25.8 Å². The second-order valence-corrected chi connectivity index (χ2v) is 3.28. The van der Waals surface area contributed by atoms with E-state index in [1.807, 2.05) is 12.4 Å². The summed E-state index contributed by atoms with van der Waals surface area (Å²) in [6.07, 6.45) is 6.86. The van der Waals surface area contributed by atoms with Crippen molar-refractivity contribution in [3.05, 3.63) is 24.3 Å². The molecule has 0 saturated carbocycles. The van der Waals surface area contributed by atoms with Crippen molar-refractivity contribution in [1.82, 2.24) is 9.55 Å². The normalized spacial score (nSPS) is 12.1. The number of aromatic nitrogens is 2. The first-order valence-corrected chi connectivity index (χ1v) is 5.07. The molecule has 0 aromatic carbocycles. The lowest BCUT2D eigenvalue weighted by Gasteiger charge is -2.03. The van der Waals surface area contributed by atoms with E-state index in [0.29, 0.717) is 5.88 Å². The Morgan fingerprint density at radius 3 is 3.08 bits per heavy atom. The zero-order chi connectivity index (χ0) is 9.68. The summed E-state index contributed by atoms with van der Waals surface area (Å²) in [5, 5.41) is 0. The molecule has 0 unspecified atom stereocenters. The van der Waals surface area contributed by atoms with E-state index < -0.39 is 0 Å². The van der Waals surface area contributed by atoms with Crippen LogP contribution in [0, 0.1) is 0 Å². The molecular formula is C10H15ClN2. The molecule has 1 aromatic rings. The Morgan fingerprint density at radius 2 is 2.46 bits per heavy atom. The Labute approximate surface area is 84.2 Å². The average Bonchev–Trinajstić information content (AvgIpc) is 2.61. The van der Waals surface area contributed by atoms with Gasteiger partial charge >= 0.3 is 0 Å². The molecule has 0 aliphatic carbocycles. The molecule has 0 spiro atoms.